The number of aromatic nitrogens is 1. The predicted octanol–water partition coefficient (Wildman–Crippen LogP) is 2.81. The number of nitrogens with one attached hydrogen (secondary N) is 2. The molecule has 0 saturated carbocycles. The highest BCUT2D eigenvalue weighted by molar-refractivity contribution is 14.0. The summed E-state index contributed by atoms with van der Waals surface area (Å²) >= 11 is 1.70. The van der Waals surface area contributed by atoms with E-state index in [4.69, 9.17) is 9.47 Å². The number of benzene rings is 1. The molecule has 0 amide bonds. The number of nitrogens with zero attached hydrogens (tertiary/aromatic N) is 3. The van der Waals surface area contributed by atoms with Gasteiger partial charge >= 0.3 is 0 Å². The van der Waals surface area contributed by atoms with Gasteiger partial charge in [-0.1, -0.05) is 0 Å². The smallest absolute Gasteiger partial charge is 0.191 e. The molecule has 0 spiro atoms. The number of aryl methyl sites for hydroxylation is 1. The molecular formula is C20H30IN5O2S. The molecule has 0 radical (unpaired) electrons. The van der Waals surface area contributed by atoms with Crippen molar-refractivity contribution in [2.45, 2.75) is 26.4 Å². The zero-order chi connectivity index (χ0) is 19.9. The number of halogens is 1. The van der Waals surface area contributed by atoms with E-state index >= 15 is 0 Å². The van der Waals surface area contributed by atoms with Crippen molar-refractivity contribution >= 4 is 41.3 Å². The monoisotopic (exact) mass is 531 g/mol. The van der Waals surface area contributed by atoms with E-state index in [0.29, 0.717) is 6.54 Å². The van der Waals surface area contributed by atoms with Crippen LogP contribution in [-0.2, 0) is 19.5 Å². The van der Waals surface area contributed by atoms with E-state index in [0.717, 1.165) is 55.1 Å². The zero-order valence-electron chi connectivity index (χ0n) is 17.4. The molecule has 0 atom stereocenters. The van der Waals surface area contributed by atoms with Crippen LogP contribution in [0.5, 0.6) is 11.5 Å². The largest absolute Gasteiger partial charge is 0.493 e. The minimum Gasteiger partial charge on any atom is -0.493 e. The van der Waals surface area contributed by atoms with E-state index in [9.17, 15) is 0 Å². The summed E-state index contributed by atoms with van der Waals surface area (Å²) in [5.74, 6) is 2.40. The molecule has 0 saturated heterocycles. The number of hydrogen-bond donors (Lipinski definition) is 2. The zero-order valence-corrected chi connectivity index (χ0v) is 20.6. The van der Waals surface area contributed by atoms with Crippen molar-refractivity contribution in [1.82, 2.24) is 20.5 Å². The molecule has 9 heteroatoms. The lowest BCUT2D eigenvalue weighted by atomic mass is 9.99. The van der Waals surface area contributed by atoms with Crippen molar-refractivity contribution in [3.8, 4) is 11.5 Å². The average molecular weight is 531 g/mol. The van der Waals surface area contributed by atoms with Crippen LogP contribution in [0.15, 0.2) is 23.3 Å². The van der Waals surface area contributed by atoms with E-state index in [2.05, 4.69) is 44.6 Å². The van der Waals surface area contributed by atoms with Gasteiger partial charge in [0.15, 0.2) is 17.5 Å². The minimum atomic E-state index is 0. The van der Waals surface area contributed by atoms with Crippen LogP contribution in [0.1, 0.15) is 21.0 Å². The van der Waals surface area contributed by atoms with Gasteiger partial charge in [0.2, 0.25) is 0 Å². The third-order valence-corrected chi connectivity index (χ3v) is 5.73. The Morgan fingerprint density at radius 1 is 1.21 bits per heavy atom. The number of rotatable bonds is 7. The number of methoxy groups -OCH3 is 2. The van der Waals surface area contributed by atoms with Crippen molar-refractivity contribution in [2.24, 2.45) is 4.99 Å². The Labute approximate surface area is 193 Å². The quantitative estimate of drug-likeness (QED) is 0.326. The fourth-order valence-electron chi connectivity index (χ4n) is 3.33. The summed E-state index contributed by atoms with van der Waals surface area (Å²) in [4.78, 5) is 12.3. The number of thiazole rings is 1. The first-order valence-corrected chi connectivity index (χ1v) is 10.3. The molecule has 2 heterocycles. The van der Waals surface area contributed by atoms with Crippen molar-refractivity contribution in [1.29, 1.82) is 0 Å². The minimum absolute atomic E-state index is 0. The first-order chi connectivity index (χ1) is 13.6. The second-order valence-electron chi connectivity index (χ2n) is 6.72. The van der Waals surface area contributed by atoms with Gasteiger partial charge in [-0.15, -0.1) is 35.3 Å². The topological polar surface area (TPSA) is 71.0 Å². The van der Waals surface area contributed by atoms with Crippen molar-refractivity contribution in [3.05, 3.63) is 39.3 Å². The van der Waals surface area contributed by atoms with Gasteiger partial charge < -0.3 is 20.1 Å². The third-order valence-electron chi connectivity index (χ3n) is 4.82. The van der Waals surface area contributed by atoms with Crippen molar-refractivity contribution in [3.63, 3.8) is 0 Å². The molecule has 0 aliphatic carbocycles. The summed E-state index contributed by atoms with van der Waals surface area (Å²) in [6.45, 7) is 6.49. The normalized spacial score (nSPS) is 14.0. The maximum absolute atomic E-state index is 5.45. The Kier molecular flexibility index (Phi) is 9.44. The van der Waals surface area contributed by atoms with Gasteiger partial charge in [-0.05, 0) is 36.6 Å². The van der Waals surface area contributed by atoms with Crippen molar-refractivity contribution in [2.75, 3.05) is 40.9 Å². The van der Waals surface area contributed by atoms with Gasteiger partial charge in [-0.25, -0.2) is 4.98 Å². The molecule has 0 fully saturated rings. The number of fused-ring (bicyclic) bond motifs is 1. The van der Waals surface area contributed by atoms with E-state index in [-0.39, 0.29) is 24.0 Å². The molecular weight excluding hydrogens is 501 g/mol. The molecule has 1 aliphatic heterocycles. The molecule has 1 aliphatic rings. The van der Waals surface area contributed by atoms with Crippen LogP contribution in [0, 0.1) is 6.92 Å². The Balaban J connectivity index is 0.00000300. The average Bonchev–Trinajstić information content (AvgIpc) is 3.14. The van der Waals surface area contributed by atoms with Gasteiger partial charge in [0.25, 0.3) is 0 Å². The first-order valence-electron chi connectivity index (χ1n) is 9.45. The lowest BCUT2D eigenvalue weighted by molar-refractivity contribution is 0.256. The fourth-order valence-corrected chi connectivity index (χ4v) is 4.05. The molecule has 0 bridgehead atoms. The summed E-state index contributed by atoms with van der Waals surface area (Å²) in [7, 11) is 5.15. The van der Waals surface area contributed by atoms with E-state index in [1.807, 2.05) is 6.20 Å². The van der Waals surface area contributed by atoms with Crippen LogP contribution < -0.4 is 20.1 Å². The SMILES string of the molecule is CN=C(NCCN1CCc2cc(OC)c(OC)cc2C1)NCc1ncc(C)s1.I. The molecule has 1 aromatic carbocycles. The molecule has 7 nitrogen and oxygen atoms in total. The van der Waals surface area contributed by atoms with E-state index in [1.54, 1.807) is 32.6 Å². The number of hydrogen-bond acceptors (Lipinski definition) is 6. The van der Waals surface area contributed by atoms with Gasteiger partial charge in [-0.3, -0.25) is 9.89 Å². The predicted molar refractivity (Wildman–Crippen MR) is 129 cm³/mol. The molecule has 3 rings (SSSR count). The van der Waals surface area contributed by atoms with Gasteiger partial charge in [0, 0.05) is 44.3 Å². The Morgan fingerprint density at radius 3 is 2.55 bits per heavy atom. The number of ether oxygens (including phenoxy) is 2. The van der Waals surface area contributed by atoms with Gasteiger partial charge in [0.05, 0.1) is 20.8 Å². The highest BCUT2D eigenvalue weighted by atomic mass is 127. The first kappa shape index (κ1) is 23.7. The second-order valence-corrected chi connectivity index (χ2v) is 8.04. The maximum Gasteiger partial charge on any atom is 0.191 e. The Bertz CT molecular complexity index is 827. The Hall–Kier alpha value is -1.59. The summed E-state index contributed by atoms with van der Waals surface area (Å²) in [5.41, 5.74) is 2.66. The van der Waals surface area contributed by atoms with Crippen LogP contribution in [0.25, 0.3) is 0 Å². The van der Waals surface area contributed by atoms with E-state index in [1.165, 1.54) is 16.0 Å². The summed E-state index contributed by atoms with van der Waals surface area (Å²) in [5, 5.41) is 7.77. The summed E-state index contributed by atoms with van der Waals surface area (Å²) in [6, 6.07) is 4.21. The Morgan fingerprint density at radius 2 is 1.93 bits per heavy atom. The molecule has 2 aromatic rings. The molecule has 2 N–H and O–H groups in total. The number of guanidine groups is 1. The van der Waals surface area contributed by atoms with Crippen molar-refractivity contribution < 1.29 is 9.47 Å². The fraction of sp³-hybridized carbons (Fsp3) is 0.500. The van der Waals surface area contributed by atoms with E-state index < -0.39 is 0 Å². The van der Waals surface area contributed by atoms with Crippen LogP contribution in [0.4, 0.5) is 0 Å². The lowest BCUT2D eigenvalue weighted by Crippen LogP contribution is -2.42. The summed E-state index contributed by atoms with van der Waals surface area (Å²) < 4.78 is 10.9. The van der Waals surface area contributed by atoms with Crippen LogP contribution in [0.2, 0.25) is 0 Å². The maximum atomic E-state index is 5.45. The highest BCUT2D eigenvalue weighted by Crippen LogP contribution is 2.33. The lowest BCUT2D eigenvalue weighted by Gasteiger charge is -2.29. The second kappa shape index (κ2) is 11.6. The van der Waals surface area contributed by atoms with Crippen LogP contribution in [-0.4, -0.2) is 56.7 Å². The molecule has 0 unspecified atom stereocenters. The van der Waals surface area contributed by atoms with Gasteiger partial charge in [0.1, 0.15) is 5.01 Å². The highest BCUT2D eigenvalue weighted by Gasteiger charge is 2.19. The summed E-state index contributed by atoms with van der Waals surface area (Å²) in [6.07, 6.45) is 2.92. The molecule has 160 valence electrons. The molecule has 1 aromatic heterocycles. The van der Waals surface area contributed by atoms with Gasteiger partial charge in [-0.2, -0.15) is 0 Å². The molecule has 29 heavy (non-hydrogen) atoms. The van der Waals surface area contributed by atoms with Crippen LogP contribution >= 0.6 is 35.3 Å². The van der Waals surface area contributed by atoms with Crippen LogP contribution in [0.3, 0.4) is 0 Å². The standard InChI is InChI=1S/C20H29N5O2S.HI/c1-14-11-23-19(28-14)12-24-20(21-2)22-6-8-25-7-5-15-9-17(26-3)18(27-4)10-16(15)13-25;/h9-11H,5-8,12-13H2,1-4H3,(H2,21,22,24);1H. The third kappa shape index (κ3) is 6.45. The number of aliphatic imine (C=N–C) groups is 1.